The van der Waals surface area contributed by atoms with Gasteiger partial charge in [-0.1, -0.05) is 0 Å². The van der Waals surface area contributed by atoms with Crippen molar-refractivity contribution in [2.45, 2.75) is 31.7 Å². The number of rotatable bonds is 5. The molecule has 0 heterocycles. The molecule has 0 fully saturated rings. The second-order valence-corrected chi connectivity index (χ2v) is 3.76. The Morgan fingerprint density at radius 2 is 1.86 bits per heavy atom. The van der Waals surface area contributed by atoms with Crippen molar-refractivity contribution in [1.82, 2.24) is 5.32 Å². The topological polar surface area (TPSA) is 41.5 Å². The van der Waals surface area contributed by atoms with Crippen LogP contribution in [0.4, 0.5) is 13.2 Å². The van der Waals surface area contributed by atoms with Crippen LogP contribution in [0.15, 0.2) is 0 Å². The molecule has 0 spiro atoms. The van der Waals surface area contributed by atoms with E-state index in [9.17, 15) is 13.2 Å². The van der Waals surface area contributed by atoms with Crippen LogP contribution in [0, 0.1) is 0 Å². The maximum atomic E-state index is 11.9. The van der Waals surface area contributed by atoms with Crippen LogP contribution >= 0.6 is 0 Å². The molecule has 0 saturated heterocycles. The van der Waals surface area contributed by atoms with Crippen molar-refractivity contribution in [2.24, 2.45) is 0 Å². The first-order valence-electron chi connectivity index (χ1n) is 4.18. The highest BCUT2D eigenvalue weighted by molar-refractivity contribution is 4.80. The smallest absolute Gasteiger partial charge is 0.383 e. The molecule has 1 atom stereocenters. The predicted molar refractivity (Wildman–Crippen MR) is 46.0 cm³/mol. The molecule has 0 saturated carbocycles. The van der Waals surface area contributed by atoms with Gasteiger partial charge in [0.2, 0.25) is 0 Å². The number of halogens is 3. The summed E-state index contributed by atoms with van der Waals surface area (Å²) in [5.41, 5.74) is -0.582. The van der Waals surface area contributed by atoms with Crippen molar-refractivity contribution in [3.63, 3.8) is 0 Å². The van der Waals surface area contributed by atoms with Crippen LogP contribution in [0.3, 0.4) is 0 Å². The first-order chi connectivity index (χ1) is 6.19. The fourth-order valence-electron chi connectivity index (χ4n) is 0.901. The molecule has 0 aliphatic rings. The Balaban J connectivity index is 3.93. The molecule has 1 unspecified atom stereocenters. The summed E-state index contributed by atoms with van der Waals surface area (Å²) in [5.74, 6) is 0. The fraction of sp³-hybridized carbons (Fsp3) is 1.00. The third-order valence-electron chi connectivity index (χ3n) is 1.66. The molecule has 0 rings (SSSR count). The van der Waals surface area contributed by atoms with Crippen LogP contribution in [0.25, 0.3) is 0 Å². The predicted octanol–water partition coefficient (Wildman–Crippen LogP) is 0.924. The Morgan fingerprint density at radius 3 is 2.21 bits per heavy atom. The van der Waals surface area contributed by atoms with Crippen LogP contribution in [0.1, 0.15) is 13.8 Å². The Morgan fingerprint density at radius 1 is 1.36 bits per heavy atom. The molecule has 6 heteroatoms. The molecule has 14 heavy (non-hydrogen) atoms. The van der Waals surface area contributed by atoms with E-state index in [1.807, 2.05) is 0 Å². The number of methoxy groups -OCH3 is 1. The molecule has 0 amide bonds. The van der Waals surface area contributed by atoms with E-state index < -0.39 is 24.4 Å². The molecule has 3 nitrogen and oxygen atoms in total. The summed E-state index contributed by atoms with van der Waals surface area (Å²) >= 11 is 0. The van der Waals surface area contributed by atoms with Gasteiger partial charge in [0.1, 0.15) is 0 Å². The van der Waals surface area contributed by atoms with Gasteiger partial charge in [0, 0.05) is 19.2 Å². The Hall–Kier alpha value is -0.330. The highest BCUT2D eigenvalue weighted by atomic mass is 19.4. The van der Waals surface area contributed by atoms with E-state index >= 15 is 0 Å². The zero-order valence-corrected chi connectivity index (χ0v) is 8.48. The summed E-state index contributed by atoms with van der Waals surface area (Å²) < 4.78 is 40.5. The van der Waals surface area contributed by atoms with Gasteiger partial charge in [-0.15, -0.1) is 0 Å². The van der Waals surface area contributed by atoms with Gasteiger partial charge < -0.3 is 15.2 Å². The quantitative estimate of drug-likeness (QED) is 0.716. The molecule has 86 valence electrons. The molecule has 0 aromatic carbocycles. The Bertz CT molecular complexity index is 170. The molecule has 0 bridgehead atoms. The Kier molecular flexibility index (Phi) is 4.83. The van der Waals surface area contributed by atoms with Crippen LogP contribution in [-0.2, 0) is 4.74 Å². The SMILES string of the molecule is COCC(C)(C)NCC(O)C(F)(F)F. The highest BCUT2D eigenvalue weighted by Crippen LogP contribution is 2.19. The molecule has 2 N–H and O–H groups in total. The summed E-state index contributed by atoms with van der Waals surface area (Å²) in [4.78, 5) is 0. The van der Waals surface area contributed by atoms with Gasteiger partial charge in [-0.2, -0.15) is 13.2 Å². The lowest BCUT2D eigenvalue weighted by Gasteiger charge is -2.27. The number of hydrogen-bond acceptors (Lipinski definition) is 3. The summed E-state index contributed by atoms with van der Waals surface area (Å²) in [6.45, 7) is 3.14. The van der Waals surface area contributed by atoms with Crippen molar-refractivity contribution in [3.8, 4) is 0 Å². The molecular formula is C8H16F3NO2. The number of β-amino-alcohol motifs (C(OH)–C–C–N with tert-alkyl or cyclic N) is 1. The van der Waals surface area contributed by atoms with Gasteiger partial charge >= 0.3 is 6.18 Å². The van der Waals surface area contributed by atoms with Crippen LogP contribution in [-0.4, -0.2) is 43.2 Å². The molecule has 0 aliphatic heterocycles. The van der Waals surface area contributed by atoms with Gasteiger partial charge in [-0.3, -0.25) is 0 Å². The highest BCUT2D eigenvalue weighted by Gasteiger charge is 2.38. The average molecular weight is 215 g/mol. The zero-order chi connectivity index (χ0) is 11.4. The minimum atomic E-state index is -4.57. The number of alkyl halides is 3. The average Bonchev–Trinajstić information content (AvgIpc) is 1.98. The largest absolute Gasteiger partial charge is 0.415 e. The van der Waals surface area contributed by atoms with Gasteiger partial charge in [-0.05, 0) is 13.8 Å². The zero-order valence-electron chi connectivity index (χ0n) is 8.48. The lowest BCUT2D eigenvalue weighted by molar-refractivity contribution is -0.202. The lowest BCUT2D eigenvalue weighted by atomic mass is 10.1. The lowest BCUT2D eigenvalue weighted by Crippen LogP contribution is -2.49. The van der Waals surface area contributed by atoms with Gasteiger partial charge in [0.15, 0.2) is 6.10 Å². The normalized spacial score (nSPS) is 15.6. The molecular weight excluding hydrogens is 199 g/mol. The van der Waals surface area contributed by atoms with Crippen LogP contribution in [0.5, 0.6) is 0 Å². The number of hydrogen-bond donors (Lipinski definition) is 2. The summed E-state index contributed by atoms with van der Waals surface area (Å²) in [6.07, 6.45) is -6.91. The first kappa shape index (κ1) is 13.7. The van der Waals surface area contributed by atoms with Crippen molar-refractivity contribution in [1.29, 1.82) is 0 Å². The van der Waals surface area contributed by atoms with Crippen molar-refractivity contribution < 1.29 is 23.0 Å². The van der Waals surface area contributed by atoms with E-state index in [-0.39, 0.29) is 6.61 Å². The molecule has 0 aliphatic carbocycles. The summed E-state index contributed by atoms with van der Waals surface area (Å²) in [6, 6.07) is 0. The van der Waals surface area contributed by atoms with Gasteiger partial charge in [0.25, 0.3) is 0 Å². The first-order valence-corrected chi connectivity index (χ1v) is 4.18. The third-order valence-corrected chi connectivity index (χ3v) is 1.66. The molecule has 0 aromatic heterocycles. The monoisotopic (exact) mass is 215 g/mol. The number of ether oxygens (including phenoxy) is 1. The number of aliphatic hydroxyl groups excluding tert-OH is 1. The number of aliphatic hydroxyl groups is 1. The van der Waals surface area contributed by atoms with E-state index in [2.05, 4.69) is 5.32 Å². The van der Waals surface area contributed by atoms with E-state index in [1.165, 1.54) is 7.11 Å². The number of nitrogens with one attached hydrogen (secondary N) is 1. The van der Waals surface area contributed by atoms with E-state index in [1.54, 1.807) is 13.8 Å². The molecule has 0 radical (unpaired) electrons. The van der Waals surface area contributed by atoms with Gasteiger partial charge in [-0.25, -0.2) is 0 Å². The summed E-state index contributed by atoms with van der Waals surface area (Å²) in [7, 11) is 1.46. The standard InChI is InChI=1S/C8H16F3NO2/c1-7(2,5-14-3)12-4-6(13)8(9,10)11/h6,12-13H,4-5H2,1-3H3. The van der Waals surface area contributed by atoms with Gasteiger partial charge in [0.05, 0.1) is 6.61 Å². The van der Waals surface area contributed by atoms with E-state index in [4.69, 9.17) is 9.84 Å². The van der Waals surface area contributed by atoms with E-state index in [0.717, 1.165) is 0 Å². The van der Waals surface area contributed by atoms with Crippen LogP contribution in [0.2, 0.25) is 0 Å². The second-order valence-electron chi connectivity index (χ2n) is 3.76. The fourth-order valence-corrected chi connectivity index (χ4v) is 0.901. The van der Waals surface area contributed by atoms with Crippen molar-refractivity contribution in [3.05, 3.63) is 0 Å². The summed E-state index contributed by atoms with van der Waals surface area (Å²) in [5, 5.41) is 11.3. The minimum absolute atomic E-state index is 0.275. The maximum Gasteiger partial charge on any atom is 0.415 e. The van der Waals surface area contributed by atoms with Crippen molar-refractivity contribution >= 4 is 0 Å². The third kappa shape index (κ3) is 5.41. The van der Waals surface area contributed by atoms with Crippen molar-refractivity contribution in [2.75, 3.05) is 20.3 Å². The minimum Gasteiger partial charge on any atom is -0.383 e. The maximum absolute atomic E-state index is 11.9. The second kappa shape index (κ2) is 4.95. The van der Waals surface area contributed by atoms with Crippen LogP contribution < -0.4 is 5.32 Å². The Labute approximate surface area is 81.2 Å². The molecule has 0 aromatic rings. The van der Waals surface area contributed by atoms with E-state index in [0.29, 0.717) is 0 Å².